The van der Waals surface area contributed by atoms with E-state index in [1.807, 2.05) is 0 Å². The molecule has 2 rings (SSSR count). The molecule has 0 bridgehead atoms. The van der Waals surface area contributed by atoms with Crippen molar-refractivity contribution in [1.29, 1.82) is 0 Å². The Morgan fingerprint density at radius 2 is 2.17 bits per heavy atom. The van der Waals surface area contributed by atoms with Gasteiger partial charge in [0, 0.05) is 12.1 Å². The predicted molar refractivity (Wildman–Crippen MR) is 90.0 cm³/mol. The Morgan fingerprint density at radius 3 is 2.78 bits per heavy atom. The van der Waals surface area contributed by atoms with Crippen molar-refractivity contribution >= 4 is 34.0 Å². The Hall–Kier alpha value is -1.38. The average Bonchev–Trinajstić information content (AvgIpc) is 2.93. The smallest absolute Gasteiger partial charge is 0.251 e. The molecule has 1 saturated heterocycles. The van der Waals surface area contributed by atoms with Crippen LogP contribution in [-0.4, -0.2) is 40.2 Å². The summed E-state index contributed by atoms with van der Waals surface area (Å²) in [6.45, 7) is 2.52. The van der Waals surface area contributed by atoms with E-state index in [4.69, 9.17) is 0 Å². The van der Waals surface area contributed by atoms with Gasteiger partial charge in [0.1, 0.15) is 5.82 Å². The monoisotopic (exact) mass is 365 g/mol. The Kier molecular flexibility index (Phi) is 7.24. The van der Waals surface area contributed by atoms with Gasteiger partial charge in [0.25, 0.3) is 5.91 Å². The minimum absolute atomic E-state index is 0. The molecule has 130 valence electrons. The lowest BCUT2D eigenvalue weighted by atomic mass is 10.1. The van der Waals surface area contributed by atoms with Crippen LogP contribution >= 0.6 is 12.4 Å². The number of rotatable bonds is 6. The standard InChI is InChI=1S/C14H20FN3O3S.ClH/c1-22(20,21)18-13-8-11(2-3-12(13)15)14(19)17-7-5-10-4-6-16-9-10;/h2-3,8,10,16,18H,4-7,9H2,1H3,(H,17,19);1H. The molecule has 1 aromatic rings. The number of carbonyl (C=O) groups is 1. The van der Waals surface area contributed by atoms with Crippen LogP contribution in [0.15, 0.2) is 18.2 Å². The zero-order chi connectivity index (χ0) is 16.2. The molecule has 1 unspecified atom stereocenters. The Morgan fingerprint density at radius 1 is 1.43 bits per heavy atom. The average molecular weight is 366 g/mol. The molecule has 1 aliphatic rings. The number of hydrogen-bond acceptors (Lipinski definition) is 4. The molecule has 0 aromatic heterocycles. The number of carbonyl (C=O) groups excluding carboxylic acids is 1. The molecule has 0 saturated carbocycles. The summed E-state index contributed by atoms with van der Waals surface area (Å²) in [5.74, 6) is -0.502. The number of sulfonamides is 1. The van der Waals surface area contributed by atoms with Crippen molar-refractivity contribution in [2.75, 3.05) is 30.6 Å². The van der Waals surface area contributed by atoms with Crippen LogP contribution in [-0.2, 0) is 10.0 Å². The molecule has 3 N–H and O–H groups in total. The first-order chi connectivity index (χ1) is 10.3. The second-order valence-electron chi connectivity index (χ2n) is 5.47. The Bertz CT molecular complexity index is 649. The Balaban J connectivity index is 0.00000264. The number of hydrogen-bond donors (Lipinski definition) is 3. The van der Waals surface area contributed by atoms with Gasteiger partial charge in [0.15, 0.2) is 0 Å². The second-order valence-corrected chi connectivity index (χ2v) is 7.22. The topological polar surface area (TPSA) is 87.3 Å². The van der Waals surface area contributed by atoms with Crippen molar-refractivity contribution in [3.63, 3.8) is 0 Å². The lowest BCUT2D eigenvalue weighted by molar-refractivity contribution is 0.0951. The van der Waals surface area contributed by atoms with E-state index in [2.05, 4.69) is 15.4 Å². The SMILES string of the molecule is CS(=O)(=O)Nc1cc(C(=O)NCCC2CCNC2)ccc1F.Cl. The van der Waals surface area contributed by atoms with Gasteiger partial charge in [-0.2, -0.15) is 0 Å². The summed E-state index contributed by atoms with van der Waals surface area (Å²) in [5.41, 5.74) is -0.00719. The van der Waals surface area contributed by atoms with Crippen LogP contribution in [0.25, 0.3) is 0 Å². The first-order valence-electron chi connectivity index (χ1n) is 7.11. The summed E-state index contributed by atoms with van der Waals surface area (Å²) >= 11 is 0. The number of amides is 1. The zero-order valence-electron chi connectivity index (χ0n) is 12.8. The summed E-state index contributed by atoms with van der Waals surface area (Å²) < 4.78 is 37.9. The third-order valence-corrected chi connectivity index (χ3v) is 4.12. The third-order valence-electron chi connectivity index (χ3n) is 3.52. The largest absolute Gasteiger partial charge is 0.352 e. The fraction of sp³-hybridized carbons (Fsp3) is 0.500. The van der Waals surface area contributed by atoms with Crippen LogP contribution in [0.3, 0.4) is 0 Å². The summed E-state index contributed by atoms with van der Waals surface area (Å²) in [6.07, 6.45) is 2.91. The van der Waals surface area contributed by atoms with E-state index >= 15 is 0 Å². The van der Waals surface area contributed by atoms with E-state index < -0.39 is 15.8 Å². The van der Waals surface area contributed by atoms with Crippen LogP contribution in [0.1, 0.15) is 23.2 Å². The van der Waals surface area contributed by atoms with Crippen molar-refractivity contribution in [2.24, 2.45) is 5.92 Å². The zero-order valence-corrected chi connectivity index (χ0v) is 14.4. The highest BCUT2D eigenvalue weighted by Gasteiger charge is 2.15. The molecule has 0 aliphatic carbocycles. The lowest BCUT2D eigenvalue weighted by Gasteiger charge is -2.11. The fourth-order valence-electron chi connectivity index (χ4n) is 2.40. The molecule has 1 fully saturated rings. The second kappa shape index (κ2) is 8.47. The highest BCUT2D eigenvalue weighted by Crippen LogP contribution is 2.17. The van der Waals surface area contributed by atoms with Gasteiger partial charge < -0.3 is 10.6 Å². The number of anilines is 1. The van der Waals surface area contributed by atoms with Crippen molar-refractivity contribution in [3.05, 3.63) is 29.6 Å². The van der Waals surface area contributed by atoms with E-state index in [0.29, 0.717) is 12.5 Å². The van der Waals surface area contributed by atoms with E-state index in [9.17, 15) is 17.6 Å². The van der Waals surface area contributed by atoms with Crippen LogP contribution in [0.2, 0.25) is 0 Å². The molecule has 1 heterocycles. The molecule has 9 heteroatoms. The van der Waals surface area contributed by atoms with Gasteiger partial charge in [-0.1, -0.05) is 0 Å². The predicted octanol–water partition coefficient (Wildman–Crippen LogP) is 1.35. The maximum Gasteiger partial charge on any atom is 0.251 e. The molecular formula is C14H21ClFN3O3S. The quantitative estimate of drug-likeness (QED) is 0.710. The first-order valence-corrected chi connectivity index (χ1v) is 9.00. The van der Waals surface area contributed by atoms with E-state index in [1.54, 1.807) is 0 Å². The number of halogens is 2. The lowest BCUT2D eigenvalue weighted by Crippen LogP contribution is -2.26. The first kappa shape index (κ1) is 19.7. The minimum atomic E-state index is -3.60. The summed E-state index contributed by atoms with van der Waals surface area (Å²) in [4.78, 5) is 12.0. The molecule has 23 heavy (non-hydrogen) atoms. The molecular weight excluding hydrogens is 345 g/mol. The van der Waals surface area contributed by atoms with Crippen LogP contribution in [0.5, 0.6) is 0 Å². The van der Waals surface area contributed by atoms with Gasteiger partial charge in [-0.3, -0.25) is 9.52 Å². The van der Waals surface area contributed by atoms with Gasteiger partial charge in [-0.05, 0) is 50.0 Å². The fourth-order valence-corrected chi connectivity index (χ4v) is 2.95. The summed E-state index contributed by atoms with van der Waals surface area (Å²) in [7, 11) is -3.60. The van der Waals surface area contributed by atoms with Crippen molar-refractivity contribution in [1.82, 2.24) is 10.6 Å². The number of nitrogens with one attached hydrogen (secondary N) is 3. The van der Waals surface area contributed by atoms with E-state index in [1.165, 1.54) is 12.1 Å². The molecule has 1 aliphatic heterocycles. The molecule has 1 atom stereocenters. The van der Waals surface area contributed by atoms with Crippen molar-refractivity contribution < 1.29 is 17.6 Å². The molecule has 6 nitrogen and oxygen atoms in total. The van der Waals surface area contributed by atoms with Crippen LogP contribution in [0.4, 0.5) is 10.1 Å². The highest BCUT2D eigenvalue weighted by atomic mass is 35.5. The van der Waals surface area contributed by atoms with Gasteiger partial charge in [-0.15, -0.1) is 12.4 Å². The Labute approximate surface area is 141 Å². The number of benzene rings is 1. The van der Waals surface area contributed by atoms with Gasteiger partial charge in [0.2, 0.25) is 10.0 Å². The van der Waals surface area contributed by atoms with Crippen LogP contribution < -0.4 is 15.4 Å². The molecule has 0 spiro atoms. The van der Waals surface area contributed by atoms with E-state index in [0.717, 1.165) is 38.3 Å². The molecule has 1 amide bonds. The van der Waals surface area contributed by atoms with Crippen molar-refractivity contribution in [3.8, 4) is 0 Å². The highest BCUT2D eigenvalue weighted by molar-refractivity contribution is 7.92. The van der Waals surface area contributed by atoms with Gasteiger partial charge >= 0.3 is 0 Å². The normalized spacial score (nSPS) is 17.4. The van der Waals surface area contributed by atoms with Crippen LogP contribution in [0, 0.1) is 11.7 Å². The van der Waals surface area contributed by atoms with Gasteiger partial charge in [0.05, 0.1) is 11.9 Å². The maximum absolute atomic E-state index is 13.6. The van der Waals surface area contributed by atoms with Crippen molar-refractivity contribution in [2.45, 2.75) is 12.8 Å². The third kappa shape index (κ3) is 6.32. The maximum atomic E-state index is 13.6. The molecule has 0 radical (unpaired) electrons. The summed E-state index contributed by atoms with van der Waals surface area (Å²) in [5, 5.41) is 6.03. The van der Waals surface area contributed by atoms with E-state index in [-0.39, 0.29) is 29.6 Å². The minimum Gasteiger partial charge on any atom is -0.352 e. The summed E-state index contributed by atoms with van der Waals surface area (Å²) in [6, 6.07) is 3.60. The molecule has 1 aromatic carbocycles. The van der Waals surface area contributed by atoms with Gasteiger partial charge in [-0.25, -0.2) is 12.8 Å².